The molecule has 0 saturated carbocycles. The van der Waals surface area contributed by atoms with E-state index in [-0.39, 0.29) is 5.78 Å². The van der Waals surface area contributed by atoms with Crippen molar-refractivity contribution in [2.45, 2.75) is 25.7 Å². The van der Waals surface area contributed by atoms with Crippen molar-refractivity contribution in [1.29, 1.82) is 0 Å². The molecule has 1 aromatic rings. The third kappa shape index (κ3) is 3.71. The Morgan fingerprint density at radius 1 is 1.39 bits per heavy atom. The highest BCUT2D eigenvalue weighted by Gasteiger charge is 2.16. The summed E-state index contributed by atoms with van der Waals surface area (Å²) in [4.78, 5) is 11.9. The highest BCUT2D eigenvalue weighted by molar-refractivity contribution is 6.42. The van der Waals surface area contributed by atoms with Gasteiger partial charge >= 0.3 is 0 Å². The zero-order valence-corrected chi connectivity index (χ0v) is 11.7. The molecule has 2 nitrogen and oxygen atoms in total. The van der Waals surface area contributed by atoms with Crippen LogP contribution in [-0.4, -0.2) is 18.9 Å². The van der Waals surface area contributed by atoms with Gasteiger partial charge in [-0.1, -0.05) is 35.3 Å². The van der Waals surface area contributed by atoms with Gasteiger partial charge in [-0.05, 0) is 43.5 Å². The van der Waals surface area contributed by atoms with Crippen molar-refractivity contribution in [2.75, 3.05) is 13.1 Å². The maximum atomic E-state index is 11.9. The van der Waals surface area contributed by atoms with Crippen LogP contribution in [0.25, 0.3) is 0 Å². The van der Waals surface area contributed by atoms with Gasteiger partial charge in [0.1, 0.15) is 5.78 Å². The number of benzene rings is 1. The van der Waals surface area contributed by atoms with Crippen LogP contribution in [0.2, 0.25) is 10.0 Å². The molecular formula is C14H17Cl2NO. The molecule has 0 bridgehead atoms. The van der Waals surface area contributed by atoms with Crippen LogP contribution >= 0.6 is 23.2 Å². The molecule has 1 aromatic carbocycles. The van der Waals surface area contributed by atoms with Crippen molar-refractivity contribution in [3.05, 3.63) is 33.8 Å². The largest absolute Gasteiger partial charge is 0.316 e. The summed E-state index contributed by atoms with van der Waals surface area (Å²) in [5.41, 5.74) is 0.832. The summed E-state index contributed by atoms with van der Waals surface area (Å²) >= 11 is 12.0. The molecule has 0 spiro atoms. The molecule has 1 heterocycles. The van der Waals surface area contributed by atoms with E-state index >= 15 is 0 Å². The van der Waals surface area contributed by atoms with Gasteiger partial charge in [-0.25, -0.2) is 0 Å². The Balaban J connectivity index is 1.84. The van der Waals surface area contributed by atoms with E-state index in [1.165, 1.54) is 6.42 Å². The molecule has 2 rings (SSSR count). The first-order valence-corrected chi connectivity index (χ1v) is 7.07. The average molecular weight is 286 g/mol. The second kappa shape index (κ2) is 6.55. The fraction of sp³-hybridized carbons (Fsp3) is 0.500. The number of Topliss-reactive ketones (excluding diaryl/α,β-unsaturated/α-hetero) is 1. The molecule has 1 aliphatic rings. The lowest BCUT2D eigenvalue weighted by atomic mass is 9.98. The smallest absolute Gasteiger partial charge is 0.137 e. The van der Waals surface area contributed by atoms with Gasteiger partial charge in [0.05, 0.1) is 10.0 Å². The SMILES string of the molecule is O=C(CCC1CCNC1)Cc1cccc(Cl)c1Cl. The summed E-state index contributed by atoms with van der Waals surface area (Å²) in [5.74, 6) is 0.898. The Morgan fingerprint density at radius 3 is 2.94 bits per heavy atom. The second-order valence-electron chi connectivity index (χ2n) is 4.83. The number of carbonyl (C=O) groups is 1. The molecule has 1 aliphatic heterocycles. The van der Waals surface area contributed by atoms with Crippen LogP contribution in [0.1, 0.15) is 24.8 Å². The molecule has 0 radical (unpaired) electrons. The molecule has 1 N–H and O–H groups in total. The van der Waals surface area contributed by atoms with Gasteiger partial charge in [0.2, 0.25) is 0 Å². The maximum Gasteiger partial charge on any atom is 0.137 e. The first-order chi connectivity index (χ1) is 8.66. The number of hydrogen-bond acceptors (Lipinski definition) is 2. The van der Waals surface area contributed by atoms with Gasteiger partial charge in [-0.2, -0.15) is 0 Å². The van der Waals surface area contributed by atoms with E-state index < -0.39 is 0 Å². The topological polar surface area (TPSA) is 29.1 Å². The minimum atomic E-state index is 0.242. The van der Waals surface area contributed by atoms with E-state index in [9.17, 15) is 4.79 Å². The molecule has 1 atom stereocenters. The van der Waals surface area contributed by atoms with Crippen molar-refractivity contribution in [3.63, 3.8) is 0 Å². The van der Waals surface area contributed by atoms with Crippen LogP contribution in [0.3, 0.4) is 0 Å². The monoisotopic (exact) mass is 285 g/mol. The zero-order chi connectivity index (χ0) is 13.0. The predicted octanol–water partition coefficient (Wildman–Crippen LogP) is 3.49. The van der Waals surface area contributed by atoms with Crippen LogP contribution in [0.15, 0.2) is 18.2 Å². The highest BCUT2D eigenvalue weighted by atomic mass is 35.5. The fourth-order valence-electron chi connectivity index (χ4n) is 2.31. The summed E-state index contributed by atoms with van der Waals surface area (Å²) in [7, 11) is 0. The third-order valence-corrected chi connectivity index (χ3v) is 4.27. The number of nitrogens with one attached hydrogen (secondary N) is 1. The molecule has 1 saturated heterocycles. The van der Waals surface area contributed by atoms with Crippen molar-refractivity contribution >= 4 is 29.0 Å². The van der Waals surface area contributed by atoms with Crippen LogP contribution in [-0.2, 0) is 11.2 Å². The van der Waals surface area contributed by atoms with E-state index in [0.717, 1.165) is 25.1 Å². The quantitative estimate of drug-likeness (QED) is 0.897. The second-order valence-corrected chi connectivity index (χ2v) is 5.61. The number of hydrogen-bond donors (Lipinski definition) is 1. The van der Waals surface area contributed by atoms with Gasteiger partial charge in [0, 0.05) is 12.8 Å². The lowest BCUT2D eigenvalue weighted by Crippen LogP contribution is -2.11. The Bertz CT molecular complexity index is 428. The minimum Gasteiger partial charge on any atom is -0.316 e. The van der Waals surface area contributed by atoms with E-state index in [2.05, 4.69) is 5.32 Å². The Hall–Kier alpha value is -0.570. The van der Waals surface area contributed by atoms with Crippen molar-refractivity contribution in [1.82, 2.24) is 5.32 Å². The first kappa shape index (κ1) is 13.9. The lowest BCUT2D eigenvalue weighted by molar-refractivity contribution is -0.118. The summed E-state index contributed by atoms with van der Waals surface area (Å²) in [6, 6.07) is 5.43. The minimum absolute atomic E-state index is 0.242. The standard InChI is InChI=1S/C14H17Cl2NO/c15-13-3-1-2-11(14(13)16)8-12(18)5-4-10-6-7-17-9-10/h1-3,10,17H,4-9H2. The molecule has 1 fully saturated rings. The first-order valence-electron chi connectivity index (χ1n) is 6.32. The van der Waals surface area contributed by atoms with Gasteiger partial charge in [0.15, 0.2) is 0 Å². The molecule has 98 valence electrons. The van der Waals surface area contributed by atoms with Gasteiger partial charge in [0.25, 0.3) is 0 Å². The molecule has 4 heteroatoms. The lowest BCUT2D eigenvalue weighted by Gasteiger charge is -2.08. The molecular weight excluding hydrogens is 269 g/mol. The molecule has 18 heavy (non-hydrogen) atoms. The average Bonchev–Trinajstić information content (AvgIpc) is 2.86. The predicted molar refractivity (Wildman–Crippen MR) is 75.4 cm³/mol. The van der Waals surface area contributed by atoms with Crippen molar-refractivity contribution < 1.29 is 4.79 Å². The third-order valence-electron chi connectivity index (χ3n) is 3.41. The number of rotatable bonds is 5. The van der Waals surface area contributed by atoms with E-state index in [1.807, 2.05) is 12.1 Å². The number of ketones is 1. The maximum absolute atomic E-state index is 11.9. The van der Waals surface area contributed by atoms with Gasteiger partial charge < -0.3 is 5.32 Å². The van der Waals surface area contributed by atoms with Crippen LogP contribution in [0.4, 0.5) is 0 Å². The Morgan fingerprint density at radius 2 is 2.22 bits per heavy atom. The van der Waals surface area contributed by atoms with E-state index in [1.54, 1.807) is 6.07 Å². The summed E-state index contributed by atoms with van der Waals surface area (Å²) < 4.78 is 0. The molecule has 0 aromatic heterocycles. The highest BCUT2D eigenvalue weighted by Crippen LogP contribution is 2.26. The van der Waals surface area contributed by atoms with Crippen molar-refractivity contribution in [2.24, 2.45) is 5.92 Å². The fourth-order valence-corrected chi connectivity index (χ4v) is 2.70. The van der Waals surface area contributed by atoms with E-state index in [4.69, 9.17) is 23.2 Å². The zero-order valence-electron chi connectivity index (χ0n) is 10.2. The van der Waals surface area contributed by atoms with Gasteiger partial charge in [-0.15, -0.1) is 0 Å². The molecule has 0 amide bonds. The van der Waals surface area contributed by atoms with Crippen LogP contribution in [0.5, 0.6) is 0 Å². The molecule has 1 unspecified atom stereocenters. The Labute approximate surface area is 118 Å². The number of carbonyl (C=O) groups excluding carboxylic acids is 1. The van der Waals surface area contributed by atoms with Crippen LogP contribution < -0.4 is 5.32 Å². The molecule has 0 aliphatic carbocycles. The van der Waals surface area contributed by atoms with Crippen molar-refractivity contribution in [3.8, 4) is 0 Å². The summed E-state index contributed by atoms with van der Waals surface area (Å²) in [6.45, 7) is 2.13. The van der Waals surface area contributed by atoms with Crippen LogP contribution in [0, 0.1) is 5.92 Å². The Kier molecular flexibility index (Phi) is 5.04. The number of halogens is 2. The summed E-state index contributed by atoms with van der Waals surface area (Å²) in [6.07, 6.45) is 3.18. The summed E-state index contributed by atoms with van der Waals surface area (Å²) in [5, 5.41) is 4.34. The normalized spacial score (nSPS) is 19.1. The van der Waals surface area contributed by atoms with Gasteiger partial charge in [-0.3, -0.25) is 4.79 Å². The van der Waals surface area contributed by atoms with E-state index in [0.29, 0.717) is 28.8 Å².